The molecule has 2 aromatic rings. The van der Waals surface area contributed by atoms with Gasteiger partial charge >= 0.3 is 129 Å². The SMILES string of the molecule is C=Cc1ccc([Te]c2ccc(OCC3CO3)cc2)cc1. The molecule has 2 aromatic carbocycles. The Morgan fingerprint density at radius 1 is 1.10 bits per heavy atom. The van der Waals surface area contributed by atoms with Crippen molar-refractivity contribution < 1.29 is 9.47 Å². The molecule has 0 N–H and O–H groups in total. The molecule has 1 atom stereocenters. The third-order valence-electron chi connectivity index (χ3n) is 3.01. The Balaban J connectivity index is 1.59. The van der Waals surface area contributed by atoms with E-state index in [0.29, 0.717) is 12.7 Å². The van der Waals surface area contributed by atoms with E-state index in [2.05, 4.69) is 55.1 Å². The van der Waals surface area contributed by atoms with Gasteiger partial charge < -0.3 is 0 Å². The first-order valence-electron chi connectivity index (χ1n) is 6.58. The molecule has 20 heavy (non-hydrogen) atoms. The minimum absolute atomic E-state index is 0.312. The van der Waals surface area contributed by atoms with E-state index in [4.69, 9.17) is 9.47 Å². The van der Waals surface area contributed by atoms with Gasteiger partial charge in [-0.2, -0.15) is 0 Å². The quantitative estimate of drug-likeness (QED) is 0.563. The summed E-state index contributed by atoms with van der Waals surface area (Å²) in [5.41, 5.74) is 1.17. The van der Waals surface area contributed by atoms with E-state index in [1.165, 1.54) is 12.8 Å². The van der Waals surface area contributed by atoms with Crippen molar-refractivity contribution in [1.82, 2.24) is 0 Å². The Labute approximate surface area is 129 Å². The maximum absolute atomic E-state index is 5.64. The summed E-state index contributed by atoms with van der Waals surface area (Å²) in [7, 11) is 0. The van der Waals surface area contributed by atoms with Gasteiger partial charge in [-0.25, -0.2) is 0 Å². The van der Waals surface area contributed by atoms with Gasteiger partial charge in [0, 0.05) is 0 Å². The van der Waals surface area contributed by atoms with Crippen LogP contribution in [-0.4, -0.2) is 40.2 Å². The molecule has 1 unspecified atom stereocenters. The summed E-state index contributed by atoms with van der Waals surface area (Å²) in [6.07, 6.45) is 2.19. The molecule has 0 spiro atoms. The van der Waals surface area contributed by atoms with Crippen molar-refractivity contribution in [3.05, 3.63) is 60.7 Å². The number of hydrogen-bond donors (Lipinski definition) is 0. The third kappa shape index (κ3) is 3.86. The van der Waals surface area contributed by atoms with Crippen LogP contribution >= 0.6 is 0 Å². The molecule has 2 nitrogen and oxygen atoms in total. The Hall–Kier alpha value is -1.27. The van der Waals surface area contributed by atoms with Crippen LogP contribution in [0.2, 0.25) is 0 Å². The number of rotatable bonds is 6. The summed E-state index contributed by atoms with van der Waals surface area (Å²) in [5.74, 6) is 0.929. The molecule has 1 aliphatic rings. The predicted molar refractivity (Wildman–Crippen MR) is 83.2 cm³/mol. The summed E-state index contributed by atoms with van der Waals surface area (Å²) < 4.78 is 13.6. The standard InChI is InChI=1S/C17H16O2Te/c1-2-13-3-7-16(8-4-13)20-17-9-5-14(6-10-17)18-11-15-12-19-15/h2-10,15H,1,11-12H2. The molecule has 0 radical (unpaired) electrons. The van der Waals surface area contributed by atoms with E-state index in [0.717, 1.165) is 12.4 Å². The molecule has 0 bridgehead atoms. The first-order chi connectivity index (χ1) is 9.83. The summed E-state index contributed by atoms with van der Waals surface area (Å²) in [6.45, 7) is 5.28. The van der Waals surface area contributed by atoms with Crippen molar-refractivity contribution in [1.29, 1.82) is 0 Å². The molecule has 102 valence electrons. The maximum atomic E-state index is 5.64. The van der Waals surface area contributed by atoms with Crippen LogP contribution in [0.5, 0.6) is 5.75 Å². The van der Waals surface area contributed by atoms with Gasteiger partial charge in [0.05, 0.1) is 0 Å². The zero-order chi connectivity index (χ0) is 13.8. The van der Waals surface area contributed by atoms with Gasteiger partial charge in [0.25, 0.3) is 0 Å². The van der Waals surface area contributed by atoms with Crippen LogP contribution in [0.4, 0.5) is 0 Å². The molecule has 1 aliphatic heterocycles. The molecule has 0 amide bonds. The van der Waals surface area contributed by atoms with Crippen LogP contribution in [-0.2, 0) is 4.74 Å². The van der Waals surface area contributed by atoms with Crippen molar-refractivity contribution in [2.24, 2.45) is 0 Å². The Morgan fingerprint density at radius 2 is 1.70 bits per heavy atom. The molecular formula is C17H16O2Te. The minimum atomic E-state index is -0.320. The van der Waals surface area contributed by atoms with Crippen LogP contribution in [0.1, 0.15) is 5.56 Å². The average Bonchev–Trinajstić information content (AvgIpc) is 3.32. The second-order valence-electron chi connectivity index (χ2n) is 4.61. The fourth-order valence-electron chi connectivity index (χ4n) is 1.77. The van der Waals surface area contributed by atoms with Gasteiger partial charge in [-0.05, 0) is 0 Å². The molecule has 0 aliphatic carbocycles. The molecule has 3 rings (SSSR count). The number of benzene rings is 2. The first kappa shape index (κ1) is 13.7. The molecule has 3 heteroatoms. The van der Waals surface area contributed by atoms with E-state index in [9.17, 15) is 0 Å². The topological polar surface area (TPSA) is 21.8 Å². The fourth-order valence-corrected chi connectivity index (χ4v) is 4.10. The van der Waals surface area contributed by atoms with Crippen molar-refractivity contribution in [3.8, 4) is 5.75 Å². The number of hydrogen-bond acceptors (Lipinski definition) is 2. The van der Waals surface area contributed by atoms with E-state index in [-0.39, 0.29) is 20.9 Å². The number of ether oxygens (including phenoxy) is 2. The molecular weight excluding hydrogens is 364 g/mol. The summed E-state index contributed by atoms with van der Waals surface area (Å²) >= 11 is -0.320. The van der Waals surface area contributed by atoms with Crippen LogP contribution < -0.4 is 12.0 Å². The first-order valence-corrected chi connectivity index (χ1v) is 8.91. The van der Waals surface area contributed by atoms with Crippen molar-refractivity contribution in [2.75, 3.05) is 13.2 Å². The van der Waals surface area contributed by atoms with Gasteiger partial charge in [0.2, 0.25) is 0 Å². The van der Waals surface area contributed by atoms with Crippen LogP contribution in [0.25, 0.3) is 6.08 Å². The van der Waals surface area contributed by atoms with Crippen molar-refractivity contribution in [2.45, 2.75) is 6.10 Å². The average molecular weight is 380 g/mol. The summed E-state index contributed by atoms with van der Waals surface area (Å²) in [6, 6.07) is 17.1. The molecule has 1 heterocycles. The zero-order valence-corrected chi connectivity index (χ0v) is 13.4. The molecule has 0 aromatic heterocycles. The van der Waals surface area contributed by atoms with Crippen molar-refractivity contribution >= 4 is 34.2 Å². The predicted octanol–water partition coefficient (Wildman–Crippen LogP) is 1.76. The van der Waals surface area contributed by atoms with Gasteiger partial charge in [0.1, 0.15) is 0 Å². The Kier molecular flexibility index (Phi) is 4.42. The number of epoxide rings is 1. The van der Waals surface area contributed by atoms with Gasteiger partial charge in [-0.3, -0.25) is 0 Å². The Bertz CT molecular complexity index is 571. The van der Waals surface area contributed by atoms with E-state index >= 15 is 0 Å². The van der Waals surface area contributed by atoms with Crippen LogP contribution in [0.3, 0.4) is 0 Å². The molecule has 1 fully saturated rings. The third-order valence-corrected chi connectivity index (χ3v) is 5.91. The monoisotopic (exact) mass is 382 g/mol. The second-order valence-corrected chi connectivity index (χ2v) is 7.89. The fraction of sp³-hybridized carbons (Fsp3) is 0.176. The summed E-state index contributed by atoms with van der Waals surface area (Å²) in [4.78, 5) is 0. The van der Waals surface area contributed by atoms with E-state index < -0.39 is 0 Å². The van der Waals surface area contributed by atoms with Crippen molar-refractivity contribution in [3.63, 3.8) is 0 Å². The summed E-state index contributed by atoms with van der Waals surface area (Å²) in [5, 5.41) is 0. The van der Waals surface area contributed by atoms with E-state index in [1.54, 1.807) is 0 Å². The van der Waals surface area contributed by atoms with Crippen LogP contribution in [0.15, 0.2) is 55.1 Å². The zero-order valence-electron chi connectivity index (χ0n) is 11.1. The Morgan fingerprint density at radius 3 is 2.25 bits per heavy atom. The van der Waals surface area contributed by atoms with Crippen LogP contribution in [0, 0.1) is 0 Å². The molecule has 1 saturated heterocycles. The molecule has 0 saturated carbocycles. The normalized spacial score (nSPS) is 16.7. The van der Waals surface area contributed by atoms with Gasteiger partial charge in [0.15, 0.2) is 0 Å². The second kappa shape index (κ2) is 6.45. The van der Waals surface area contributed by atoms with Gasteiger partial charge in [-0.15, -0.1) is 0 Å². The van der Waals surface area contributed by atoms with E-state index in [1.807, 2.05) is 6.08 Å². The van der Waals surface area contributed by atoms with Gasteiger partial charge in [-0.1, -0.05) is 0 Å².